The number of nitrogens with zero attached hydrogens (tertiary/aromatic N) is 2. The summed E-state index contributed by atoms with van der Waals surface area (Å²) in [6.07, 6.45) is 16.7. The number of rotatable bonds is 12. The molecule has 0 saturated heterocycles. The molecule has 1 aliphatic carbocycles. The van der Waals surface area contributed by atoms with E-state index in [-0.39, 0.29) is 0 Å². The number of unbranched alkanes of at least 4 members (excludes halogenated alkanes) is 4. The van der Waals surface area contributed by atoms with Crippen LogP contribution in [0.15, 0.2) is 48.5 Å². The minimum atomic E-state index is 0.914. The van der Waals surface area contributed by atoms with Gasteiger partial charge in [-0.25, -0.2) is 0 Å². The van der Waals surface area contributed by atoms with E-state index in [1.165, 1.54) is 77.0 Å². The summed E-state index contributed by atoms with van der Waals surface area (Å²) >= 11 is 0. The Morgan fingerprint density at radius 1 is 0.579 bits per heavy atom. The van der Waals surface area contributed by atoms with Gasteiger partial charge in [-0.1, -0.05) is 89.8 Å². The van der Waals surface area contributed by atoms with Crippen molar-refractivity contribution in [2.24, 2.45) is 0 Å². The number of hydrogen-bond donors (Lipinski definition) is 1. The number of nitrogens with one attached hydrogen (secondary N) is 1. The molecule has 0 amide bonds. The fourth-order valence-electron chi connectivity index (χ4n) is 6.04. The second-order valence-corrected chi connectivity index (χ2v) is 10.8. The van der Waals surface area contributed by atoms with Crippen LogP contribution >= 0.6 is 0 Å². The molecule has 0 aliphatic heterocycles. The molecule has 0 unspecified atom stereocenters. The normalized spacial score (nSPS) is 11.8. The molecule has 1 aliphatic rings. The van der Waals surface area contributed by atoms with E-state index in [1.807, 2.05) is 24.3 Å². The first-order valence-electron chi connectivity index (χ1n) is 15.2. The third-order valence-corrected chi connectivity index (χ3v) is 8.06. The van der Waals surface area contributed by atoms with Crippen LogP contribution < -0.4 is 0 Å². The molecule has 0 spiro atoms. The summed E-state index contributed by atoms with van der Waals surface area (Å²) in [6, 6.07) is 17.0. The minimum absolute atomic E-state index is 0.914. The van der Waals surface area contributed by atoms with Crippen LogP contribution in [0.25, 0.3) is 22.2 Å². The number of aromatic nitrogens is 3. The van der Waals surface area contributed by atoms with Crippen molar-refractivity contribution in [3.63, 3.8) is 0 Å². The van der Waals surface area contributed by atoms with Crippen LogP contribution in [0.1, 0.15) is 112 Å². The van der Waals surface area contributed by atoms with Crippen LogP contribution in [0.3, 0.4) is 0 Å². The predicted octanol–water partition coefficient (Wildman–Crippen LogP) is 9.59. The summed E-state index contributed by atoms with van der Waals surface area (Å²) in [5.74, 6) is 0. The van der Waals surface area contributed by atoms with Crippen molar-refractivity contribution >= 4 is 11.0 Å². The maximum absolute atomic E-state index is 3.88. The second kappa shape index (κ2) is 14.3. The van der Waals surface area contributed by atoms with Crippen molar-refractivity contribution in [1.82, 2.24) is 15.4 Å². The largest absolute Gasteiger partial charge is 0.197 e. The monoisotopic (exact) mass is 509 g/mol. The average Bonchev–Trinajstić information content (AvgIpc) is 3.58. The van der Waals surface area contributed by atoms with Crippen LogP contribution in [0.2, 0.25) is 0 Å². The van der Waals surface area contributed by atoms with Crippen molar-refractivity contribution in [3.8, 4) is 11.1 Å². The van der Waals surface area contributed by atoms with Gasteiger partial charge in [-0.05, 0) is 114 Å². The molecule has 3 nitrogen and oxygen atoms in total. The molecule has 0 atom stereocenters. The summed E-state index contributed by atoms with van der Waals surface area (Å²) in [4.78, 5) is 0. The van der Waals surface area contributed by atoms with E-state index in [0.717, 1.165) is 17.5 Å². The molecule has 1 N–H and O–H groups in total. The van der Waals surface area contributed by atoms with E-state index < -0.39 is 0 Å². The molecule has 3 aromatic carbocycles. The fraction of sp³-hybridized carbons (Fsp3) is 0.486. The lowest BCUT2D eigenvalue weighted by atomic mass is 9.80. The minimum Gasteiger partial charge on any atom is -0.197 e. The Kier molecular flexibility index (Phi) is 10.6. The smallest absolute Gasteiger partial charge is 0.112 e. The average molecular weight is 510 g/mol. The first-order chi connectivity index (χ1) is 18.7. The van der Waals surface area contributed by atoms with Gasteiger partial charge in [0.05, 0.1) is 0 Å². The highest BCUT2D eigenvalue weighted by Gasteiger charge is 2.28. The maximum Gasteiger partial charge on any atom is 0.112 e. The zero-order chi connectivity index (χ0) is 26.7. The van der Waals surface area contributed by atoms with Crippen molar-refractivity contribution in [2.75, 3.05) is 0 Å². The Balaban J connectivity index is 0.000000311. The molecular weight excluding hydrogens is 462 g/mol. The Morgan fingerprint density at radius 3 is 1.63 bits per heavy atom. The van der Waals surface area contributed by atoms with E-state index in [0.29, 0.717) is 0 Å². The van der Waals surface area contributed by atoms with Gasteiger partial charge in [-0.15, -0.1) is 0 Å². The highest BCUT2D eigenvalue weighted by atomic mass is 15.3. The first kappa shape index (κ1) is 28.1. The Morgan fingerprint density at radius 2 is 1.05 bits per heavy atom. The molecule has 3 heteroatoms. The summed E-state index contributed by atoms with van der Waals surface area (Å²) in [7, 11) is 0. The summed E-state index contributed by atoms with van der Waals surface area (Å²) in [5.41, 5.74) is 15.3. The molecular formula is C35H47N3. The molecule has 0 saturated carbocycles. The number of benzene rings is 3. The topological polar surface area (TPSA) is 41.6 Å². The molecule has 4 aromatic rings. The zero-order valence-corrected chi connectivity index (χ0v) is 24.2. The first-order valence-corrected chi connectivity index (χ1v) is 15.2. The summed E-state index contributed by atoms with van der Waals surface area (Å²) < 4.78 is 0. The third kappa shape index (κ3) is 6.37. The molecule has 1 heterocycles. The van der Waals surface area contributed by atoms with Gasteiger partial charge in [-0.2, -0.15) is 15.4 Å². The molecule has 5 rings (SSSR count). The van der Waals surface area contributed by atoms with Gasteiger partial charge in [-0.3, -0.25) is 0 Å². The lowest BCUT2D eigenvalue weighted by Crippen LogP contribution is -2.11. The number of para-hydroxylation sites is 2. The molecule has 202 valence electrons. The predicted molar refractivity (Wildman–Crippen MR) is 163 cm³/mol. The van der Waals surface area contributed by atoms with E-state index in [1.54, 1.807) is 44.5 Å². The van der Waals surface area contributed by atoms with Crippen molar-refractivity contribution in [2.45, 2.75) is 111 Å². The SMILES string of the molecule is CCCCc1c(CCCC)c(CCCC)c2c(c1CCCC)Cc1ccccc1-2.c1ccc2n[nH]nc2c1. The number of fused-ring (bicyclic) bond motifs is 4. The lowest BCUT2D eigenvalue weighted by Gasteiger charge is -2.25. The number of hydrogen-bond acceptors (Lipinski definition) is 2. The molecule has 38 heavy (non-hydrogen) atoms. The van der Waals surface area contributed by atoms with E-state index in [2.05, 4.69) is 67.4 Å². The van der Waals surface area contributed by atoms with Crippen LogP contribution in [-0.2, 0) is 32.1 Å². The third-order valence-electron chi connectivity index (χ3n) is 8.06. The maximum atomic E-state index is 3.88. The standard InChI is InChI=1S/C29H42.C6H5N3/c1-5-9-16-24-25(17-10-6-2)27(19-12-8-4)29-23-20-14-13-15-22(23)21-28(29)26(24)18-11-7-3;1-2-4-6-5(3-1)7-9-8-6/h13-15,20H,5-12,16-19,21H2,1-4H3;1-4H,(H,7,8,9). The van der Waals surface area contributed by atoms with Crippen molar-refractivity contribution < 1.29 is 0 Å². The Bertz CT molecular complexity index is 1270. The van der Waals surface area contributed by atoms with E-state index in [4.69, 9.17) is 0 Å². The highest BCUT2D eigenvalue weighted by Crippen LogP contribution is 2.45. The van der Waals surface area contributed by atoms with Crippen LogP contribution in [0.4, 0.5) is 0 Å². The molecule has 0 bridgehead atoms. The van der Waals surface area contributed by atoms with Gasteiger partial charge in [0.15, 0.2) is 0 Å². The van der Waals surface area contributed by atoms with Crippen molar-refractivity contribution in [1.29, 1.82) is 0 Å². The second-order valence-electron chi connectivity index (χ2n) is 10.8. The van der Waals surface area contributed by atoms with Gasteiger partial charge in [0, 0.05) is 0 Å². The Labute approximate surface area is 230 Å². The van der Waals surface area contributed by atoms with Crippen molar-refractivity contribution in [3.05, 3.63) is 81.9 Å². The number of H-pyrrole nitrogens is 1. The molecule has 1 aromatic heterocycles. The quantitative estimate of drug-likeness (QED) is 0.182. The van der Waals surface area contributed by atoms with Gasteiger partial charge in [0.1, 0.15) is 11.0 Å². The fourth-order valence-corrected chi connectivity index (χ4v) is 6.04. The van der Waals surface area contributed by atoms with Gasteiger partial charge >= 0.3 is 0 Å². The van der Waals surface area contributed by atoms with Crippen LogP contribution in [0.5, 0.6) is 0 Å². The molecule has 0 radical (unpaired) electrons. The van der Waals surface area contributed by atoms with Crippen LogP contribution in [0, 0.1) is 0 Å². The zero-order valence-electron chi connectivity index (χ0n) is 24.2. The van der Waals surface area contributed by atoms with Gasteiger partial charge < -0.3 is 0 Å². The van der Waals surface area contributed by atoms with Gasteiger partial charge in [0.25, 0.3) is 0 Å². The lowest BCUT2D eigenvalue weighted by molar-refractivity contribution is 0.716. The number of aromatic amines is 1. The Hall–Kier alpha value is -2.94. The van der Waals surface area contributed by atoms with E-state index >= 15 is 0 Å². The summed E-state index contributed by atoms with van der Waals surface area (Å²) in [6.45, 7) is 9.37. The van der Waals surface area contributed by atoms with E-state index in [9.17, 15) is 0 Å². The summed E-state index contributed by atoms with van der Waals surface area (Å²) in [5, 5.41) is 10.3. The van der Waals surface area contributed by atoms with Gasteiger partial charge in [0.2, 0.25) is 0 Å². The van der Waals surface area contributed by atoms with Crippen LogP contribution in [-0.4, -0.2) is 15.4 Å². The molecule has 0 fully saturated rings. The highest BCUT2D eigenvalue weighted by molar-refractivity contribution is 5.83.